The van der Waals surface area contributed by atoms with Crippen LogP contribution < -0.4 is 5.32 Å². The first-order chi connectivity index (χ1) is 10.8. The Labute approximate surface area is 145 Å². The zero-order valence-electron chi connectivity index (χ0n) is 12.8. The number of benzene rings is 1. The van der Waals surface area contributed by atoms with Crippen molar-refractivity contribution in [1.82, 2.24) is 9.78 Å². The maximum Gasteiger partial charge on any atom is 0.133 e. The van der Waals surface area contributed by atoms with E-state index in [0.717, 1.165) is 6.54 Å². The lowest BCUT2D eigenvalue weighted by molar-refractivity contribution is 0.664. The van der Waals surface area contributed by atoms with Gasteiger partial charge < -0.3 is 5.32 Å². The van der Waals surface area contributed by atoms with Crippen LogP contribution in [0.2, 0.25) is 0 Å². The molecule has 2 aliphatic rings. The standard InChI is InChI=1S/C18H22IN3/c19-14-8-10-15(11-9-14)22-18-16(7-3-4-12-20-18)17(21-22)13-5-1-2-6-13/h8-11,13,20H,1-7,12H2. The maximum atomic E-state index is 5.07. The van der Waals surface area contributed by atoms with Crippen molar-refractivity contribution in [3.8, 4) is 5.69 Å². The minimum absolute atomic E-state index is 0.679. The van der Waals surface area contributed by atoms with Crippen LogP contribution in [0.25, 0.3) is 5.69 Å². The summed E-state index contributed by atoms with van der Waals surface area (Å²) in [5.41, 5.74) is 4.04. The van der Waals surface area contributed by atoms with Gasteiger partial charge in [0.1, 0.15) is 5.82 Å². The molecule has 0 saturated heterocycles. The Hall–Kier alpha value is -1.04. The third-order valence-electron chi connectivity index (χ3n) is 4.97. The van der Waals surface area contributed by atoms with Gasteiger partial charge in [-0.2, -0.15) is 5.10 Å². The van der Waals surface area contributed by atoms with Gasteiger partial charge in [0.2, 0.25) is 0 Å². The van der Waals surface area contributed by atoms with Crippen molar-refractivity contribution in [2.45, 2.75) is 50.9 Å². The highest BCUT2D eigenvalue weighted by Crippen LogP contribution is 2.39. The second-order valence-corrected chi connectivity index (χ2v) is 7.71. The van der Waals surface area contributed by atoms with Crippen LogP contribution in [-0.4, -0.2) is 16.3 Å². The van der Waals surface area contributed by atoms with Crippen molar-refractivity contribution in [1.29, 1.82) is 0 Å². The molecule has 1 N–H and O–H groups in total. The molecule has 116 valence electrons. The van der Waals surface area contributed by atoms with Crippen LogP contribution in [-0.2, 0) is 6.42 Å². The molecular weight excluding hydrogens is 385 g/mol. The molecule has 0 atom stereocenters. The van der Waals surface area contributed by atoms with Crippen LogP contribution in [0.1, 0.15) is 55.7 Å². The van der Waals surface area contributed by atoms with Gasteiger partial charge in [-0.25, -0.2) is 4.68 Å². The lowest BCUT2D eigenvalue weighted by Crippen LogP contribution is -2.07. The number of nitrogens with zero attached hydrogens (tertiary/aromatic N) is 2. The average Bonchev–Trinajstić information content (AvgIpc) is 3.10. The number of hydrogen-bond donors (Lipinski definition) is 1. The zero-order chi connectivity index (χ0) is 14.9. The van der Waals surface area contributed by atoms with E-state index >= 15 is 0 Å². The molecule has 4 rings (SSSR count). The first kappa shape index (κ1) is 14.5. The van der Waals surface area contributed by atoms with E-state index in [1.807, 2.05) is 0 Å². The topological polar surface area (TPSA) is 29.9 Å². The molecular formula is C18H22IN3. The summed E-state index contributed by atoms with van der Waals surface area (Å²) < 4.78 is 3.42. The Bertz CT molecular complexity index is 654. The van der Waals surface area contributed by atoms with Gasteiger partial charge in [-0.05, 0) is 79.0 Å². The Morgan fingerprint density at radius 2 is 1.82 bits per heavy atom. The largest absolute Gasteiger partial charge is 0.370 e. The number of halogens is 1. The molecule has 2 heterocycles. The van der Waals surface area contributed by atoms with Gasteiger partial charge in [0, 0.05) is 21.6 Å². The quantitative estimate of drug-likeness (QED) is 0.719. The first-order valence-electron chi connectivity index (χ1n) is 8.44. The van der Waals surface area contributed by atoms with E-state index in [0.29, 0.717) is 5.92 Å². The highest BCUT2D eigenvalue weighted by Gasteiger charge is 2.27. The molecule has 0 amide bonds. The fourth-order valence-electron chi connectivity index (χ4n) is 3.83. The molecule has 2 aromatic rings. The molecule has 1 aromatic carbocycles. The third kappa shape index (κ3) is 2.66. The second kappa shape index (κ2) is 6.22. The van der Waals surface area contributed by atoms with Gasteiger partial charge in [0.25, 0.3) is 0 Å². The number of anilines is 1. The van der Waals surface area contributed by atoms with E-state index in [-0.39, 0.29) is 0 Å². The summed E-state index contributed by atoms with van der Waals surface area (Å²) in [6, 6.07) is 8.69. The molecule has 1 saturated carbocycles. The van der Waals surface area contributed by atoms with Crippen LogP contribution in [0.4, 0.5) is 5.82 Å². The second-order valence-electron chi connectivity index (χ2n) is 6.47. The van der Waals surface area contributed by atoms with E-state index < -0.39 is 0 Å². The van der Waals surface area contributed by atoms with Crippen LogP contribution >= 0.6 is 22.6 Å². The molecule has 0 spiro atoms. The Morgan fingerprint density at radius 1 is 1.05 bits per heavy atom. The molecule has 4 heteroatoms. The smallest absolute Gasteiger partial charge is 0.133 e. The minimum atomic E-state index is 0.679. The van der Waals surface area contributed by atoms with Crippen LogP contribution in [0, 0.1) is 3.57 Å². The van der Waals surface area contributed by atoms with Crippen LogP contribution in [0.3, 0.4) is 0 Å². The summed E-state index contributed by atoms with van der Waals surface area (Å²) in [6.07, 6.45) is 9.07. The monoisotopic (exact) mass is 407 g/mol. The Kier molecular flexibility index (Phi) is 4.11. The van der Waals surface area contributed by atoms with Gasteiger partial charge in [-0.15, -0.1) is 0 Å². The molecule has 1 fully saturated rings. The lowest BCUT2D eigenvalue weighted by Gasteiger charge is -2.09. The summed E-state index contributed by atoms with van der Waals surface area (Å²) in [5, 5.41) is 8.72. The maximum absolute atomic E-state index is 5.07. The summed E-state index contributed by atoms with van der Waals surface area (Å²) in [5.74, 6) is 1.93. The summed E-state index contributed by atoms with van der Waals surface area (Å²) in [4.78, 5) is 0. The van der Waals surface area contributed by atoms with Crippen molar-refractivity contribution in [3.63, 3.8) is 0 Å². The molecule has 1 aliphatic carbocycles. The molecule has 22 heavy (non-hydrogen) atoms. The molecule has 0 radical (unpaired) electrons. The van der Waals surface area contributed by atoms with Crippen LogP contribution in [0.5, 0.6) is 0 Å². The van der Waals surface area contributed by atoms with E-state index in [2.05, 4.69) is 56.9 Å². The van der Waals surface area contributed by atoms with E-state index in [1.165, 1.54) is 71.3 Å². The number of hydrogen-bond acceptors (Lipinski definition) is 2. The summed E-state index contributed by atoms with van der Waals surface area (Å²) in [6.45, 7) is 1.06. The highest BCUT2D eigenvalue weighted by atomic mass is 127. The number of nitrogens with one attached hydrogen (secondary N) is 1. The Morgan fingerprint density at radius 3 is 2.59 bits per heavy atom. The SMILES string of the molecule is Ic1ccc(-n2nc(C3CCCC3)c3c2NCCCC3)cc1. The first-order valence-corrected chi connectivity index (χ1v) is 9.52. The summed E-state index contributed by atoms with van der Waals surface area (Å²) in [7, 11) is 0. The van der Waals surface area contributed by atoms with Crippen molar-refractivity contribution < 1.29 is 0 Å². The highest BCUT2D eigenvalue weighted by molar-refractivity contribution is 14.1. The molecule has 0 unspecified atom stereocenters. The van der Waals surface area contributed by atoms with Gasteiger partial charge >= 0.3 is 0 Å². The predicted octanol–water partition coefficient (Wildman–Crippen LogP) is 4.88. The van der Waals surface area contributed by atoms with Crippen molar-refractivity contribution in [2.75, 3.05) is 11.9 Å². The fraction of sp³-hybridized carbons (Fsp3) is 0.500. The van der Waals surface area contributed by atoms with Crippen LogP contribution in [0.15, 0.2) is 24.3 Å². The normalized spacial score (nSPS) is 18.8. The van der Waals surface area contributed by atoms with Gasteiger partial charge in [0.05, 0.1) is 11.4 Å². The lowest BCUT2D eigenvalue weighted by atomic mass is 9.97. The summed E-state index contributed by atoms with van der Waals surface area (Å²) >= 11 is 2.36. The van der Waals surface area contributed by atoms with Gasteiger partial charge in [-0.1, -0.05) is 12.8 Å². The number of aromatic nitrogens is 2. The molecule has 1 aliphatic heterocycles. The van der Waals surface area contributed by atoms with Crippen molar-refractivity contribution >= 4 is 28.4 Å². The Balaban J connectivity index is 1.81. The third-order valence-corrected chi connectivity index (χ3v) is 5.69. The number of rotatable bonds is 2. The van der Waals surface area contributed by atoms with Gasteiger partial charge in [0.15, 0.2) is 0 Å². The average molecular weight is 407 g/mol. The van der Waals surface area contributed by atoms with Crippen molar-refractivity contribution in [3.05, 3.63) is 39.1 Å². The van der Waals surface area contributed by atoms with Crippen molar-refractivity contribution in [2.24, 2.45) is 0 Å². The van der Waals surface area contributed by atoms with E-state index in [1.54, 1.807) is 0 Å². The minimum Gasteiger partial charge on any atom is -0.370 e. The zero-order valence-corrected chi connectivity index (χ0v) is 15.0. The number of fused-ring (bicyclic) bond motifs is 1. The molecule has 1 aromatic heterocycles. The van der Waals surface area contributed by atoms with Gasteiger partial charge in [-0.3, -0.25) is 0 Å². The molecule has 3 nitrogen and oxygen atoms in total. The fourth-order valence-corrected chi connectivity index (χ4v) is 4.18. The predicted molar refractivity (Wildman–Crippen MR) is 98.9 cm³/mol. The molecule has 0 bridgehead atoms. The van der Waals surface area contributed by atoms with E-state index in [4.69, 9.17) is 5.10 Å². The van der Waals surface area contributed by atoms with E-state index in [9.17, 15) is 0 Å².